The van der Waals surface area contributed by atoms with Crippen LogP contribution in [0.4, 0.5) is 10.5 Å². The van der Waals surface area contributed by atoms with Gasteiger partial charge in [0.1, 0.15) is 0 Å². The Balaban J connectivity index is 1.80. The largest absolute Gasteiger partial charge is 0.450 e. The van der Waals surface area contributed by atoms with Gasteiger partial charge < -0.3 is 15.4 Å². The van der Waals surface area contributed by atoms with Crippen LogP contribution >= 0.6 is 0 Å². The summed E-state index contributed by atoms with van der Waals surface area (Å²) in [4.78, 5) is 13.7. The minimum Gasteiger partial charge on any atom is -0.450 e. The van der Waals surface area contributed by atoms with Crippen LogP contribution in [0.5, 0.6) is 0 Å². The fraction of sp³-hybridized carbons (Fsp3) is 0.421. The number of hydrogen-bond donors (Lipinski definition) is 2. The number of nitrogens with one attached hydrogen (secondary N) is 1. The number of carbonyl (C=O) groups excluding carboxylic acids is 1. The van der Waals surface area contributed by atoms with Crippen molar-refractivity contribution in [1.29, 1.82) is 0 Å². The van der Waals surface area contributed by atoms with Crippen LogP contribution in [0.1, 0.15) is 20.3 Å². The second kappa shape index (κ2) is 7.74. The number of nitrogen functional groups attached to an aromatic ring is 1. The number of nitrogens with two attached hydrogens (primary N) is 1. The van der Waals surface area contributed by atoms with Gasteiger partial charge in [-0.1, -0.05) is 31.2 Å². The zero-order valence-electron chi connectivity index (χ0n) is 15.5. The molecule has 0 unspecified atom stereocenters. The molecule has 0 saturated carbocycles. The normalized spacial score (nSPS) is 20.6. The van der Waals surface area contributed by atoms with Crippen LogP contribution in [0.25, 0.3) is 10.8 Å². The van der Waals surface area contributed by atoms with Crippen molar-refractivity contribution >= 4 is 32.6 Å². The van der Waals surface area contributed by atoms with E-state index in [0.717, 1.165) is 0 Å². The molecule has 27 heavy (non-hydrogen) atoms. The van der Waals surface area contributed by atoms with Gasteiger partial charge in [-0.25, -0.2) is 17.9 Å². The second-order valence-corrected chi connectivity index (χ2v) is 8.52. The predicted octanol–water partition coefficient (Wildman–Crippen LogP) is 2.57. The molecule has 1 amide bonds. The SMILES string of the molecule is CCOC(=O)N1CC[C@@H](NS(=O)(=O)c2ccc(N)c3ccccc23)[C@@H](C)C1. The van der Waals surface area contributed by atoms with Crippen LogP contribution in [-0.4, -0.2) is 45.1 Å². The fourth-order valence-electron chi connectivity index (χ4n) is 3.49. The number of hydrogen-bond acceptors (Lipinski definition) is 5. The van der Waals surface area contributed by atoms with Crippen molar-refractivity contribution in [3.05, 3.63) is 36.4 Å². The Bertz CT molecular complexity index is 945. The maximum Gasteiger partial charge on any atom is 0.409 e. The van der Waals surface area contributed by atoms with Gasteiger partial charge in [0.15, 0.2) is 0 Å². The molecule has 1 fully saturated rings. The Kier molecular flexibility index (Phi) is 5.57. The molecule has 0 bridgehead atoms. The van der Waals surface area contributed by atoms with E-state index in [1.807, 2.05) is 19.1 Å². The number of nitrogens with zero attached hydrogens (tertiary/aromatic N) is 1. The highest BCUT2D eigenvalue weighted by Gasteiger charge is 2.32. The van der Waals surface area contributed by atoms with Gasteiger partial charge in [0.05, 0.1) is 11.5 Å². The lowest BCUT2D eigenvalue weighted by Gasteiger charge is -2.36. The maximum absolute atomic E-state index is 13.0. The van der Waals surface area contributed by atoms with E-state index >= 15 is 0 Å². The number of sulfonamides is 1. The van der Waals surface area contributed by atoms with Gasteiger partial charge in [0.2, 0.25) is 10.0 Å². The van der Waals surface area contributed by atoms with Gasteiger partial charge in [0, 0.05) is 35.6 Å². The lowest BCUT2D eigenvalue weighted by molar-refractivity contribution is 0.0846. The van der Waals surface area contributed by atoms with Gasteiger partial charge >= 0.3 is 6.09 Å². The third kappa shape index (κ3) is 4.01. The molecule has 0 spiro atoms. The van der Waals surface area contributed by atoms with E-state index < -0.39 is 10.0 Å². The Morgan fingerprint density at radius 1 is 1.26 bits per heavy atom. The van der Waals surface area contributed by atoms with E-state index in [-0.39, 0.29) is 22.9 Å². The van der Waals surface area contributed by atoms with Crippen molar-refractivity contribution in [2.24, 2.45) is 5.92 Å². The number of carbonyl (C=O) groups is 1. The van der Waals surface area contributed by atoms with E-state index in [1.165, 1.54) is 0 Å². The molecule has 1 saturated heterocycles. The van der Waals surface area contributed by atoms with Gasteiger partial charge in [-0.15, -0.1) is 0 Å². The summed E-state index contributed by atoms with van der Waals surface area (Å²) in [6.45, 7) is 4.93. The lowest BCUT2D eigenvalue weighted by atomic mass is 9.95. The molecule has 7 nitrogen and oxygen atoms in total. The van der Waals surface area contributed by atoms with E-state index in [0.29, 0.717) is 42.6 Å². The van der Waals surface area contributed by atoms with Crippen molar-refractivity contribution in [2.45, 2.75) is 31.2 Å². The molecule has 1 aliphatic rings. The zero-order valence-corrected chi connectivity index (χ0v) is 16.3. The van der Waals surface area contributed by atoms with Crippen molar-refractivity contribution in [1.82, 2.24) is 9.62 Å². The average Bonchev–Trinajstić information content (AvgIpc) is 2.63. The van der Waals surface area contributed by atoms with E-state index in [9.17, 15) is 13.2 Å². The first kappa shape index (κ1) is 19.4. The quantitative estimate of drug-likeness (QED) is 0.780. The summed E-state index contributed by atoms with van der Waals surface area (Å²) in [7, 11) is -3.72. The summed E-state index contributed by atoms with van der Waals surface area (Å²) in [5, 5.41) is 1.31. The van der Waals surface area contributed by atoms with Crippen LogP contribution in [0.3, 0.4) is 0 Å². The molecule has 2 aromatic carbocycles. The standard InChI is InChI=1S/C19H25N3O4S/c1-3-26-19(23)22-11-10-17(13(2)12-22)21-27(24,25)18-9-8-16(20)14-6-4-5-7-15(14)18/h4-9,13,17,21H,3,10-12,20H2,1-2H3/t13-,17+/m0/s1. The molecule has 0 radical (unpaired) electrons. The first-order valence-electron chi connectivity index (χ1n) is 9.04. The van der Waals surface area contributed by atoms with Crippen molar-refractivity contribution in [2.75, 3.05) is 25.4 Å². The zero-order chi connectivity index (χ0) is 19.6. The van der Waals surface area contributed by atoms with Gasteiger partial charge in [0.25, 0.3) is 0 Å². The molecule has 1 aliphatic heterocycles. The fourth-order valence-corrected chi connectivity index (χ4v) is 5.08. The molecule has 1 heterocycles. The van der Waals surface area contributed by atoms with Gasteiger partial charge in [-0.05, 0) is 31.4 Å². The number of anilines is 1. The van der Waals surface area contributed by atoms with Crippen LogP contribution in [0.2, 0.25) is 0 Å². The van der Waals surface area contributed by atoms with Crippen molar-refractivity contribution < 1.29 is 17.9 Å². The number of rotatable bonds is 4. The Morgan fingerprint density at radius 2 is 1.96 bits per heavy atom. The van der Waals surface area contributed by atoms with E-state index in [1.54, 1.807) is 36.1 Å². The average molecular weight is 391 g/mol. The molecule has 2 aromatic rings. The first-order chi connectivity index (χ1) is 12.8. The topological polar surface area (TPSA) is 102 Å². The second-order valence-electron chi connectivity index (χ2n) is 6.84. The van der Waals surface area contributed by atoms with Crippen molar-refractivity contribution in [3.63, 3.8) is 0 Å². The summed E-state index contributed by atoms with van der Waals surface area (Å²) in [6, 6.07) is 10.1. The molecule has 8 heteroatoms. The minimum atomic E-state index is -3.72. The van der Waals surface area contributed by atoms with Crippen LogP contribution in [0, 0.1) is 5.92 Å². The first-order valence-corrected chi connectivity index (χ1v) is 10.5. The lowest BCUT2D eigenvalue weighted by Crippen LogP contribution is -2.51. The van der Waals surface area contributed by atoms with Crippen LogP contribution < -0.4 is 10.5 Å². The highest BCUT2D eigenvalue weighted by Crippen LogP contribution is 2.28. The monoisotopic (exact) mass is 391 g/mol. The highest BCUT2D eigenvalue weighted by molar-refractivity contribution is 7.89. The number of benzene rings is 2. The number of likely N-dealkylation sites (tertiary alicyclic amines) is 1. The molecule has 146 valence electrons. The Morgan fingerprint density at radius 3 is 2.63 bits per heavy atom. The Labute approximate surface area is 159 Å². The summed E-state index contributed by atoms with van der Waals surface area (Å²) >= 11 is 0. The number of piperidine rings is 1. The molecule has 3 N–H and O–H groups in total. The summed E-state index contributed by atoms with van der Waals surface area (Å²) in [6.07, 6.45) is 0.182. The van der Waals surface area contributed by atoms with Crippen LogP contribution in [-0.2, 0) is 14.8 Å². The van der Waals surface area contributed by atoms with Crippen LogP contribution in [0.15, 0.2) is 41.3 Å². The Hall–Kier alpha value is -2.32. The predicted molar refractivity (Wildman–Crippen MR) is 105 cm³/mol. The van der Waals surface area contributed by atoms with Gasteiger partial charge in [-0.3, -0.25) is 0 Å². The highest BCUT2D eigenvalue weighted by atomic mass is 32.2. The molecule has 0 aliphatic carbocycles. The molecule has 2 atom stereocenters. The summed E-state index contributed by atoms with van der Waals surface area (Å²) < 4.78 is 33.9. The molecule has 3 rings (SSSR count). The third-order valence-corrected chi connectivity index (χ3v) is 6.49. The molecule has 0 aromatic heterocycles. The van der Waals surface area contributed by atoms with E-state index in [4.69, 9.17) is 10.5 Å². The van der Waals surface area contributed by atoms with Gasteiger partial charge in [-0.2, -0.15) is 0 Å². The number of ether oxygens (including phenoxy) is 1. The maximum atomic E-state index is 13.0. The summed E-state index contributed by atoms with van der Waals surface area (Å²) in [5.41, 5.74) is 6.52. The third-order valence-electron chi connectivity index (χ3n) is 4.95. The van der Waals surface area contributed by atoms with Crippen molar-refractivity contribution in [3.8, 4) is 0 Å². The minimum absolute atomic E-state index is 0.0297. The number of amides is 1. The summed E-state index contributed by atoms with van der Waals surface area (Å²) in [5.74, 6) is -0.0297. The number of fused-ring (bicyclic) bond motifs is 1. The smallest absolute Gasteiger partial charge is 0.409 e. The van der Waals surface area contributed by atoms with E-state index in [2.05, 4.69) is 4.72 Å². The molecular formula is C19H25N3O4S. The molecular weight excluding hydrogens is 366 g/mol.